The summed E-state index contributed by atoms with van der Waals surface area (Å²) in [5.41, 5.74) is -2.43. The van der Waals surface area contributed by atoms with E-state index in [1.54, 1.807) is 0 Å². The highest BCUT2D eigenvalue weighted by molar-refractivity contribution is 6.31. The molecule has 0 aliphatic rings. The molecule has 0 fully saturated rings. The molecule has 1 rings (SSSR count). The second kappa shape index (κ2) is 5.00. The van der Waals surface area contributed by atoms with Gasteiger partial charge in [0.2, 0.25) is 5.15 Å². The number of carbonyl (C=O) groups is 1. The molecule has 0 aromatic carbocycles. The molecule has 92 valence electrons. The van der Waals surface area contributed by atoms with Crippen LogP contribution in [-0.2, 0) is 4.74 Å². The standard InChI is InChI=1S/C8H5ClF2N2O4/c1-17-8(14)5-3(7(10)11)2-4(13(15)16)6(9)12-5/h2,7H,1H3. The number of pyridine rings is 1. The Morgan fingerprint density at radius 3 is 2.65 bits per heavy atom. The van der Waals surface area contributed by atoms with E-state index in [2.05, 4.69) is 9.72 Å². The highest BCUT2D eigenvalue weighted by Crippen LogP contribution is 2.30. The molecule has 1 aromatic heterocycles. The average Bonchev–Trinajstić information content (AvgIpc) is 2.26. The van der Waals surface area contributed by atoms with Gasteiger partial charge in [0.25, 0.3) is 6.43 Å². The lowest BCUT2D eigenvalue weighted by Crippen LogP contribution is -2.10. The molecule has 0 aliphatic carbocycles. The van der Waals surface area contributed by atoms with Crippen LogP contribution in [0.25, 0.3) is 0 Å². The van der Waals surface area contributed by atoms with Gasteiger partial charge in [-0.3, -0.25) is 10.1 Å². The quantitative estimate of drug-likeness (QED) is 0.363. The third kappa shape index (κ3) is 2.64. The van der Waals surface area contributed by atoms with Crippen LogP contribution in [0.5, 0.6) is 0 Å². The lowest BCUT2D eigenvalue weighted by Gasteiger charge is -2.06. The van der Waals surface area contributed by atoms with Crippen molar-refractivity contribution in [2.45, 2.75) is 6.43 Å². The van der Waals surface area contributed by atoms with Crippen molar-refractivity contribution in [1.82, 2.24) is 4.98 Å². The predicted octanol–water partition coefficient (Wildman–Crippen LogP) is 2.37. The molecule has 0 amide bonds. The molecule has 0 saturated carbocycles. The molecule has 0 N–H and O–H groups in total. The summed E-state index contributed by atoms with van der Waals surface area (Å²) in [7, 11) is 0.967. The van der Waals surface area contributed by atoms with Gasteiger partial charge in [-0.15, -0.1) is 0 Å². The molecular weight excluding hydrogens is 262 g/mol. The predicted molar refractivity (Wildman–Crippen MR) is 52.2 cm³/mol. The SMILES string of the molecule is COC(=O)c1nc(Cl)c([N+](=O)[O-])cc1C(F)F. The first-order valence-electron chi connectivity index (χ1n) is 4.09. The number of hydrogen-bond acceptors (Lipinski definition) is 5. The van der Waals surface area contributed by atoms with Gasteiger partial charge >= 0.3 is 11.7 Å². The fourth-order valence-corrected chi connectivity index (χ4v) is 1.26. The number of methoxy groups -OCH3 is 1. The largest absolute Gasteiger partial charge is 0.464 e. The summed E-state index contributed by atoms with van der Waals surface area (Å²) in [6.07, 6.45) is -3.10. The Bertz CT molecular complexity index is 481. The number of alkyl halides is 2. The van der Waals surface area contributed by atoms with Crippen LogP contribution in [0.4, 0.5) is 14.5 Å². The average molecular weight is 267 g/mol. The molecule has 1 aromatic rings. The van der Waals surface area contributed by atoms with Crippen LogP contribution in [0.3, 0.4) is 0 Å². The highest BCUT2D eigenvalue weighted by atomic mass is 35.5. The molecule has 0 unspecified atom stereocenters. The topological polar surface area (TPSA) is 82.3 Å². The first kappa shape index (κ1) is 13.2. The second-order valence-corrected chi connectivity index (χ2v) is 3.14. The van der Waals surface area contributed by atoms with Crippen LogP contribution in [0, 0.1) is 10.1 Å². The van der Waals surface area contributed by atoms with E-state index in [1.165, 1.54) is 0 Å². The maximum absolute atomic E-state index is 12.6. The minimum atomic E-state index is -3.10. The summed E-state index contributed by atoms with van der Waals surface area (Å²) < 4.78 is 29.4. The molecule has 17 heavy (non-hydrogen) atoms. The number of nitro groups is 1. The molecule has 6 nitrogen and oxygen atoms in total. The molecule has 0 atom stereocenters. The molecule has 0 saturated heterocycles. The van der Waals surface area contributed by atoms with Crippen molar-refractivity contribution in [3.05, 3.63) is 32.6 Å². The van der Waals surface area contributed by atoms with Crippen molar-refractivity contribution in [1.29, 1.82) is 0 Å². The number of ether oxygens (including phenoxy) is 1. The van der Waals surface area contributed by atoms with Gasteiger partial charge in [0.1, 0.15) is 0 Å². The third-order valence-electron chi connectivity index (χ3n) is 1.80. The Balaban J connectivity index is 3.46. The molecule has 0 spiro atoms. The molecule has 9 heteroatoms. The zero-order chi connectivity index (χ0) is 13.2. The summed E-state index contributed by atoms with van der Waals surface area (Å²) >= 11 is 5.40. The van der Waals surface area contributed by atoms with E-state index < -0.39 is 39.4 Å². The lowest BCUT2D eigenvalue weighted by molar-refractivity contribution is -0.385. The number of hydrogen-bond donors (Lipinski definition) is 0. The van der Waals surface area contributed by atoms with Crippen molar-refractivity contribution in [3.63, 3.8) is 0 Å². The minimum absolute atomic E-state index is 0.506. The summed E-state index contributed by atoms with van der Waals surface area (Å²) in [6.45, 7) is 0. The van der Waals surface area contributed by atoms with Gasteiger partial charge in [-0.05, 0) is 0 Å². The lowest BCUT2D eigenvalue weighted by atomic mass is 10.2. The number of nitrogens with zero attached hydrogens (tertiary/aromatic N) is 2. The molecule has 0 radical (unpaired) electrons. The maximum Gasteiger partial charge on any atom is 0.357 e. The highest BCUT2D eigenvalue weighted by Gasteiger charge is 2.27. The number of carbonyl (C=O) groups excluding carboxylic acids is 1. The zero-order valence-electron chi connectivity index (χ0n) is 8.32. The summed E-state index contributed by atoms with van der Waals surface area (Å²) in [5, 5.41) is 9.81. The van der Waals surface area contributed by atoms with Gasteiger partial charge in [-0.2, -0.15) is 0 Å². The number of aromatic nitrogens is 1. The van der Waals surface area contributed by atoms with E-state index in [9.17, 15) is 23.7 Å². The third-order valence-corrected chi connectivity index (χ3v) is 2.08. The van der Waals surface area contributed by atoms with E-state index >= 15 is 0 Å². The van der Waals surface area contributed by atoms with Crippen LogP contribution >= 0.6 is 11.6 Å². The Labute approximate surface area is 98.3 Å². The fourth-order valence-electron chi connectivity index (χ4n) is 1.05. The van der Waals surface area contributed by atoms with Crippen LogP contribution in [0.2, 0.25) is 5.15 Å². The van der Waals surface area contributed by atoms with Crippen molar-refractivity contribution >= 4 is 23.3 Å². The van der Waals surface area contributed by atoms with E-state index in [0.29, 0.717) is 6.07 Å². The van der Waals surface area contributed by atoms with Gasteiger partial charge < -0.3 is 4.74 Å². The van der Waals surface area contributed by atoms with E-state index in [0.717, 1.165) is 7.11 Å². The van der Waals surface area contributed by atoms with Crippen molar-refractivity contribution in [3.8, 4) is 0 Å². The summed E-state index contributed by atoms with van der Waals surface area (Å²) in [6, 6.07) is 0.506. The molecule has 0 bridgehead atoms. The normalized spacial score (nSPS) is 10.4. The zero-order valence-corrected chi connectivity index (χ0v) is 9.07. The first-order valence-corrected chi connectivity index (χ1v) is 4.47. The van der Waals surface area contributed by atoms with Crippen LogP contribution in [0.1, 0.15) is 22.5 Å². The van der Waals surface area contributed by atoms with Gasteiger partial charge in [0.05, 0.1) is 17.6 Å². The molecular formula is C8H5ClF2N2O4. The number of halogens is 3. The van der Waals surface area contributed by atoms with Gasteiger partial charge in [-0.25, -0.2) is 18.6 Å². The number of esters is 1. The molecule has 0 aliphatic heterocycles. The van der Waals surface area contributed by atoms with Gasteiger partial charge in [-0.1, -0.05) is 11.6 Å². The number of rotatable bonds is 3. The maximum atomic E-state index is 12.6. The van der Waals surface area contributed by atoms with Crippen LogP contribution < -0.4 is 0 Å². The smallest absolute Gasteiger partial charge is 0.357 e. The van der Waals surface area contributed by atoms with Crippen molar-refractivity contribution < 1.29 is 23.2 Å². The van der Waals surface area contributed by atoms with E-state index in [-0.39, 0.29) is 0 Å². The minimum Gasteiger partial charge on any atom is -0.464 e. The Morgan fingerprint density at radius 2 is 2.24 bits per heavy atom. The fraction of sp³-hybridized carbons (Fsp3) is 0.250. The summed E-state index contributed by atoms with van der Waals surface area (Å²) in [5.74, 6) is -1.14. The first-order chi connectivity index (χ1) is 7.88. The Morgan fingerprint density at radius 1 is 1.65 bits per heavy atom. The molecule has 1 heterocycles. The van der Waals surface area contributed by atoms with Crippen LogP contribution in [0.15, 0.2) is 6.07 Å². The Kier molecular flexibility index (Phi) is 3.89. The van der Waals surface area contributed by atoms with Crippen molar-refractivity contribution in [2.24, 2.45) is 0 Å². The van der Waals surface area contributed by atoms with E-state index in [1.807, 2.05) is 0 Å². The van der Waals surface area contributed by atoms with Gasteiger partial charge in [0.15, 0.2) is 5.69 Å². The van der Waals surface area contributed by atoms with Crippen LogP contribution in [-0.4, -0.2) is 23.0 Å². The monoisotopic (exact) mass is 266 g/mol. The van der Waals surface area contributed by atoms with Crippen molar-refractivity contribution in [2.75, 3.05) is 7.11 Å². The second-order valence-electron chi connectivity index (χ2n) is 2.79. The van der Waals surface area contributed by atoms with Gasteiger partial charge in [0, 0.05) is 6.07 Å². The summed E-state index contributed by atoms with van der Waals surface area (Å²) in [4.78, 5) is 23.9. The van der Waals surface area contributed by atoms with E-state index in [4.69, 9.17) is 11.6 Å². The Hall–Kier alpha value is -1.83.